The quantitative estimate of drug-likeness (QED) is 0.676. The van der Waals surface area contributed by atoms with Gasteiger partial charge in [0.25, 0.3) is 5.91 Å². The van der Waals surface area contributed by atoms with Crippen molar-refractivity contribution in [2.24, 2.45) is 0 Å². The Balaban J connectivity index is 1.88. The molecule has 1 amide bonds. The van der Waals surface area contributed by atoms with Crippen LogP contribution in [0.3, 0.4) is 0 Å². The zero-order valence-electron chi connectivity index (χ0n) is 15.7. The first-order valence-electron chi connectivity index (χ1n) is 9.00. The van der Waals surface area contributed by atoms with Crippen LogP contribution in [0.2, 0.25) is 0 Å². The predicted molar refractivity (Wildman–Crippen MR) is 105 cm³/mol. The van der Waals surface area contributed by atoms with Gasteiger partial charge in [-0.3, -0.25) is 4.79 Å². The summed E-state index contributed by atoms with van der Waals surface area (Å²) in [6.07, 6.45) is 0.620. The van der Waals surface area contributed by atoms with Crippen LogP contribution >= 0.6 is 0 Å². The van der Waals surface area contributed by atoms with Crippen LogP contribution in [0.4, 0.5) is 0 Å². The second kappa shape index (κ2) is 10.1. The lowest BCUT2D eigenvalue weighted by Gasteiger charge is -2.18. The minimum Gasteiger partial charge on any atom is -0.484 e. The SMILES string of the molecule is CCN(CC)C(=O)COc1ccc(S(=O)(=O)NCCc2ccccc2)cc1. The molecule has 146 valence electrons. The van der Waals surface area contributed by atoms with Gasteiger partial charge >= 0.3 is 0 Å². The van der Waals surface area contributed by atoms with Crippen molar-refractivity contribution in [1.82, 2.24) is 9.62 Å². The van der Waals surface area contributed by atoms with Gasteiger partial charge in [0.05, 0.1) is 4.90 Å². The molecule has 0 aliphatic carbocycles. The number of hydrogen-bond acceptors (Lipinski definition) is 4. The first-order valence-corrected chi connectivity index (χ1v) is 10.5. The van der Waals surface area contributed by atoms with Crippen molar-refractivity contribution in [3.8, 4) is 5.75 Å². The molecule has 0 saturated carbocycles. The van der Waals surface area contributed by atoms with Crippen molar-refractivity contribution < 1.29 is 17.9 Å². The molecule has 0 saturated heterocycles. The van der Waals surface area contributed by atoms with E-state index in [0.717, 1.165) is 5.56 Å². The number of hydrogen-bond donors (Lipinski definition) is 1. The molecule has 0 aliphatic heterocycles. The number of nitrogens with one attached hydrogen (secondary N) is 1. The summed E-state index contributed by atoms with van der Waals surface area (Å²) in [7, 11) is -3.58. The lowest BCUT2D eigenvalue weighted by Crippen LogP contribution is -2.34. The molecule has 2 aromatic carbocycles. The second-order valence-corrected chi connectivity index (χ2v) is 7.73. The van der Waals surface area contributed by atoms with Gasteiger partial charge < -0.3 is 9.64 Å². The third-order valence-electron chi connectivity index (χ3n) is 4.16. The molecule has 7 heteroatoms. The van der Waals surface area contributed by atoms with E-state index < -0.39 is 10.0 Å². The molecular weight excluding hydrogens is 364 g/mol. The fraction of sp³-hybridized carbons (Fsp3) is 0.350. The maximum atomic E-state index is 12.4. The van der Waals surface area contributed by atoms with Crippen LogP contribution in [-0.4, -0.2) is 45.5 Å². The predicted octanol–water partition coefficient (Wildman–Crippen LogP) is 2.45. The van der Waals surface area contributed by atoms with E-state index in [1.165, 1.54) is 12.1 Å². The largest absolute Gasteiger partial charge is 0.484 e. The number of ether oxygens (including phenoxy) is 1. The molecule has 0 bridgehead atoms. The highest BCUT2D eigenvalue weighted by Crippen LogP contribution is 2.16. The van der Waals surface area contributed by atoms with Gasteiger partial charge in [0.1, 0.15) is 5.75 Å². The summed E-state index contributed by atoms with van der Waals surface area (Å²) in [6.45, 7) is 5.33. The highest BCUT2D eigenvalue weighted by Gasteiger charge is 2.14. The van der Waals surface area contributed by atoms with Gasteiger partial charge in [-0.15, -0.1) is 0 Å². The Morgan fingerprint density at radius 1 is 1.00 bits per heavy atom. The van der Waals surface area contributed by atoms with E-state index in [2.05, 4.69) is 4.72 Å². The smallest absolute Gasteiger partial charge is 0.260 e. The number of amides is 1. The van der Waals surface area contributed by atoms with Gasteiger partial charge in [-0.25, -0.2) is 13.1 Å². The summed E-state index contributed by atoms with van der Waals surface area (Å²) in [6, 6.07) is 15.8. The molecule has 2 rings (SSSR count). The van der Waals surface area contributed by atoms with Gasteiger partial charge in [0, 0.05) is 19.6 Å². The highest BCUT2D eigenvalue weighted by molar-refractivity contribution is 7.89. The van der Waals surface area contributed by atoms with Crippen LogP contribution in [0, 0.1) is 0 Å². The molecule has 27 heavy (non-hydrogen) atoms. The molecule has 2 aromatic rings. The summed E-state index contributed by atoms with van der Waals surface area (Å²) in [5.41, 5.74) is 1.07. The third-order valence-corrected chi connectivity index (χ3v) is 5.64. The van der Waals surface area contributed by atoms with Crippen molar-refractivity contribution in [3.05, 3.63) is 60.2 Å². The van der Waals surface area contributed by atoms with Crippen molar-refractivity contribution in [3.63, 3.8) is 0 Å². The Morgan fingerprint density at radius 3 is 2.22 bits per heavy atom. The van der Waals surface area contributed by atoms with Crippen LogP contribution < -0.4 is 9.46 Å². The molecule has 0 spiro atoms. The second-order valence-electron chi connectivity index (χ2n) is 5.96. The Bertz CT molecular complexity index is 817. The Morgan fingerprint density at radius 2 is 1.63 bits per heavy atom. The Kier molecular flexibility index (Phi) is 7.82. The summed E-state index contributed by atoms with van der Waals surface area (Å²) in [4.78, 5) is 13.8. The zero-order chi connectivity index (χ0) is 19.7. The van der Waals surface area contributed by atoms with Crippen LogP contribution in [0.1, 0.15) is 19.4 Å². The van der Waals surface area contributed by atoms with E-state index in [1.807, 2.05) is 44.2 Å². The van der Waals surface area contributed by atoms with Crippen molar-refractivity contribution in [2.45, 2.75) is 25.2 Å². The van der Waals surface area contributed by atoms with Crippen LogP contribution in [0.25, 0.3) is 0 Å². The van der Waals surface area contributed by atoms with Crippen molar-refractivity contribution >= 4 is 15.9 Å². The van der Waals surface area contributed by atoms with Crippen LogP contribution in [-0.2, 0) is 21.2 Å². The number of likely N-dealkylation sites (N-methyl/N-ethyl adjacent to an activating group) is 1. The summed E-state index contributed by atoms with van der Waals surface area (Å²) < 4.78 is 32.8. The number of nitrogens with zero attached hydrogens (tertiary/aromatic N) is 1. The van der Waals surface area contributed by atoms with E-state index in [-0.39, 0.29) is 17.4 Å². The first kappa shape index (κ1) is 20.9. The fourth-order valence-corrected chi connectivity index (χ4v) is 3.62. The van der Waals surface area contributed by atoms with Gasteiger partial charge in [0.15, 0.2) is 6.61 Å². The number of rotatable bonds is 10. The zero-order valence-corrected chi connectivity index (χ0v) is 16.5. The van der Waals surface area contributed by atoms with E-state index in [9.17, 15) is 13.2 Å². The number of carbonyl (C=O) groups is 1. The van der Waals surface area contributed by atoms with Gasteiger partial charge in [-0.2, -0.15) is 0 Å². The molecule has 0 radical (unpaired) electrons. The van der Waals surface area contributed by atoms with Gasteiger partial charge in [-0.05, 0) is 50.1 Å². The average molecular weight is 391 g/mol. The molecule has 0 aromatic heterocycles. The maximum absolute atomic E-state index is 12.4. The molecule has 0 heterocycles. The van der Waals surface area contributed by atoms with E-state index in [1.54, 1.807) is 17.0 Å². The molecular formula is C20H26N2O4S. The van der Waals surface area contributed by atoms with Gasteiger partial charge in [-0.1, -0.05) is 30.3 Å². The van der Waals surface area contributed by atoms with Crippen LogP contribution in [0.15, 0.2) is 59.5 Å². The summed E-state index contributed by atoms with van der Waals surface area (Å²) in [5.74, 6) is 0.359. The number of sulfonamides is 1. The molecule has 0 fully saturated rings. The molecule has 0 atom stereocenters. The lowest BCUT2D eigenvalue weighted by molar-refractivity contribution is -0.132. The lowest BCUT2D eigenvalue weighted by atomic mass is 10.2. The topological polar surface area (TPSA) is 75.7 Å². The minimum atomic E-state index is -3.58. The first-order chi connectivity index (χ1) is 13.0. The maximum Gasteiger partial charge on any atom is 0.260 e. The minimum absolute atomic E-state index is 0.0664. The third kappa shape index (κ3) is 6.37. The van der Waals surface area contributed by atoms with E-state index in [4.69, 9.17) is 4.74 Å². The van der Waals surface area contributed by atoms with Crippen LogP contribution in [0.5, 0.6) is 5.75 Å². The van der Waals surface area contributed by atoms with Crippen molar-refractivity contribution in [1.29, 1.82) is 0 Å². The molecule has 6 nitrogen and oxygen atoms in total. The highest BCUT2D eigenvalue weighted by atomic mass is 32.2. The summed E-state index contributed by atoms with van der Waals surface area (Å²) >= 11 is 0. The standard InChI is InChI=1S/C20H26N2O4S/c1-3-22(4-2)20(23)16-26-18-10-12-19(13-11-18)27(24,25)21-15-14-17-8-6-5-7-9-17/h5-13,21H,3-4,14-16H2,1-2H3. The Hall–Kier alpha value is -2.38. The molecule has 1 N–H and O–H groups in total. The monoisotopic (exact) mass is 390 g/mol. The number of benzene rings is 2. The molecule has 0 unspecified atom stereocenters. The fourth-order valence-electron chi connectivity index (χ4n) is 2.59. The van der Waals surface area contributed by atoms with E-state index >= 15 is 0 Å². The number of carbonyl (C=O) groups excluding carboxylic acids is 1. The normalized spacial score (nSPS) is 11.2. The Labute approximate surface area is 161 Å². The van der Waals surface area contributed by atoms with Crippen molar-refractivity contribution in [2.75, 3.05) is 26.2 Å². The van der Waals surface area contributed by atoms with E-state index in [0.29, 0.717) is 31.8 Å². The summed E-state index contributed by atoms with van der Waals surface area (Å²) in [5, 5.41) is 0. The molecule has 0 aliphatic rings. The van der Waals surface area contributed by atoms with Gasteiger partial charge in [0.2, 0.25) is 10.0 Å². The average Bonchev–Trinajstić information content (AvgIpc) is 2.68.